The first-order valence-electron chi connectivity index (χ1n) is 10.6. The predicted octanol–water partition coefficient (Wildman–Crippen LogP) is 5.46. The number of halogens is 3. The summed E-state index contributed by atoms with van der Waals surface area (Å²) in [7, 11) is 3.07. The fraction of sp³-hybridized carbons (Fsp3) is 0.435. The van der Waals surface area contributed by atoms with E-state index in [0.29, 0.717) is 38.3 Å². The number of aliphatic hydroxyl groups excluding tert-OH is 1. The van der Waals surface area contributed by atoms with Gasteiger partial charge >= 0.3 is 6.09 Å². The molecule has 0 radical (unpaired) electrons. The standard InChI is InChI=1S/C23H27Cl3N4O5/c1-23(2,3)35-22(32)29(4)18-7-6-17(19(31)8-13-14(24)9-27-10-15(13)25)30-20(26)16(28-21(18)30)11-34-12-33-5/h6-7,9-10,19,31H,8,11-12H2,1-5H3. The number of fused-ring (bicyclic) bond motifs is 1. The van der Waals surface area contributed by atoms with Crippen LogP contribution in [0.3, 0.4) is 0 Å². The molecule has 1 unspecified atom stereocenters. The van der Waals surface area contributed by atoms with Crippen molar-refractivity contribution in [1.82, 2.24) is 14.4 Å². The van der Waals surface area contributed by atoms with Crippen LogP contribution in [-0.2, 0) is 27.2 Å². The largest absolute Gasteiger partial charge is 0.443 e. The van der Waals surface area contributed by atoms with E-state index in [-0.39, 0.29) is 25.0 Å². The van der Waals surface area contributed by atoms with E-state index < -0.39 is 17.8 Å². The minimum Gasteiger partial charge on any atom is -0.443 e. The zero-order valence-electron chi connectivity index (χ0n) is 20.0. The molecule has 0 bridgehead atoms. The number of ether oxygens (including phenoxy) is 3. The molecule has 1 N–H and O–H groups in total. The van der Waals surface area contributed by atoms with Gasteiger partial charge in [-0.05, 0) is 38.5 Å². The molecule has 3 aromatic rings. The van der Waals surface area contributed by atoms with Crippen LogP contribution < -0.4 is 4.90 Å². The number of aromatic nitrogens is 3. The molecule has 0 saturated carbocycles. The number of pyridine rings is 2. The summed E-state index contributed by atoms with van der Waals surface area (Å²) in [6.07, 6.45) is 1.38. The van der Waals surface area contributed by atoms with Gasteiger partial charge in [0.05, 0.1) is 34.1 Å². The van der Waals surface area contributed by atoms with E-state index in [0.717, 1.165) is 0 Å². The maximum absolute atomic E-state index is 12.7. The smallest absolute Gasteiger partial charge is 0.414 e. The highest BCUT2D eigenvalue weighted by Crippen LogP contribution is 2.34. The lowest BCUT2D eigenvalue weighted by Gasteiger charge is -2.25. The van der Waals surface area contributed by atoms with Gasteiger partial charge in [0.2, 0.25) is 0 Å². The van der Waals surface area contributed by atoms with Crippen molar-refractivity contribution in [2.24, 2.45) is 0 Å². The molecule has 0 saturated heterocycles. The molecular weight excluding hydrogens is 519 g/mol. The molecule has 9 nitrogen and oxygen atoms in total. The zero-order chi connectivity index (χ0) is 25.9. The Labute approximate surface area is 218 Å². The zero-order valence-corrected chi connectivity index (χ0v) is 22.3. The summed E-state index contributed by atoms with van der Waals surface area (Å²) >= 11 is 19.2. The number of hydrogen-bond donors (Lipinski definition) is 1. The highest BCUT2D eigenvalue weighted by molar-refractivity contribution is 6.35. The number of imidazole rings is 1. The predicted molar refractivity (Wildman–Crippen MR) is 134 cm³/mol. The van der Waals surface area contributed by atoms with Crippen LogP contribution in [0.15, 0.2) is 24.5 Å². The Bertz CT molecular complexity index is 1190. The minimum atomic E-state index is -1.06. The van der Waals surface area contributed by atoms with Crippen LogP contribution >= 0.6 is 34.8 Å². The first-order chi connectivity index (χ1) is 16.4. The molecule has 0 aliphatic carbocycles. The summed E-state index contributed by atoms with van der Waals surface area (Å²) in [4.78, 5) is 22.6. The summed E-state index contributed by atoms with van der Waals surface area (Å²) in [5, 5.41) is 12.0. The van der Waals surface area contributed by atoms with Gasteiger partial charge in [-0.2, -0.15) is 0 Å². The molecule has 0 fully saturated rings. The minimum absolute atomic E-state index is 0.0450. The van der Waals surface area contributed by atoms with Gasteiger partial charge in [-0.25, -0.2) is 9.78 Å². The fourth-order valence-corrected chi connectivity index (χ4v) is 4.16. The first kappa shape index (κ1) is 27.4. The lowest BCUT2D eigenvalue weighted by atomic mass is 10.1. The van der Waals surface area contributed by atoms with Crippen molar-refractivity contribution in [3.8, 4) is 0 Å². The van der Waals surface area contributed by atoms with E-state index >= 15 is 0 Å². The van der Waals surface area contributed by atoms with Gasteiger partial charge in [0.15, 0.2) is 5.65 Å². The SMILES string of the molecule is COCOCc1nc2c(N(C)C(=O)OC(C)(C)C)ccc(C(O)Cc3c(Cl)cncc3Cl)n2c1Cl. The fourth-order valence-electron chi connectivity index (χ4n) is 3.36. The third kappa shape index (κ3) is 6.35. The molecule has 0 aliphatic rings. The van der Waals surface area contributed by atoms with Gasteiger partial charge in [0.25, 0.3) is 0 Å². The van der Waals surface area contributed by atoms with Crippen molar-refractivity contribution < 1.29 is 24.1 Å². The molecule has 3 heterocycles. The van der Waals surface area contributed by atoms with Gasteiger partial charge in [-0.1, -0.05) is 34.8 Å². The average Bonchev–Trinajstić information content (AvgIpc) is 3.10. The Morgan fingerprint density at radius 3 is 2.46 bits per heavy atom. The van der Waals surface area contributed by atoms with Crippen LogP contribution in [0.2, 0.25) is 15.2 Å². The highest BCUT2D eigenvalue weighted by Gasteiger charge is 2.27. The van der Waals surface area contributed by atoms with Crippen LogP contribution in [-0.4, -0.2) is 52.1 Å². The Balaban J connectivity index is 2.09. The molecule has 0 spiro atoms. The number of amides is 1. The van der Waals surface area contributed by atoms with E-state index in [2.05, 4.69) is 9.97 Å². The number of methoxy groups -OCH3 is 1. The van der Waals surface area contributed by atoms with Crippen LogP contribution in [0.25, 0.3) is 5.65 Å². The van der Waals surface area contributed by atoms with Crippen molar-refractivity contribution in [2.45, 2.75) is 45.5 Å². The third-order valence-electron chi connectivity index (χ3n) is 4.95. The number of anilines is 1. The number of hydrogen-bond acceptors (Lipinski definition) is 7. The van der Waals surface area contributed by atoms with Crippen LogP contribution in [0.1, 0.15) is 43.8 Å². The number of carbonyl (C=O) groups is 1. The van der Waals surface area contributed by atoms with Gasteiger partial charge < -0.3 is 19.3 Å². The van der Waals surface area contributed by atoms with Crippen LogP contribution in [0, 0.1) is 0 Å². The van der Waals surface area contributed by atoms with Gasteiger partial charge in [-0.15, -0.1) is 0 Å². The normalized spacial score (nSPS) is 12.7. The molecule has 35 heavy (non-hydrogen) atoms. The molecule has 0 aliphatic heterocycles. The second-order valence-corrected chi connectivity index (χ2v) is 9.92. The molecular formula is C23H27Cl3N4O5. The van der Waals surface area contributed by atoms with E-state index in [4.69, 9.17) is 49.0 Å². The van der Waals surface area contributed by atoms with E-state index in [1.165, 1.54) is 24.4 Å². The second-order valence-electron chi connectivity index (χ2n) is 8.75. The van der Waals surface area contributed by atoms with E-state index in [9.17, 15) is 9.90 Å². The number of carbonyl (C=O) groups excluding carboxylic acids is 1. The molecule has 1 amide bonds. The topological polar surface area (TPSA) is 98.4 Å². The Morgan fingerprint density at radius 1 is 1.20 bits per heavy atom. The molecule has 0 aromatic carbocycles. The highest BCUT2D eigenvalue weighted by atomic mass is 35.5. The van der Waals surface area contributed by atoms with Crippen LogP contribution in [0.4, 0.5) is 10.5 Å². The number of aliphatic hydroxyl groups is 1. The first-order valence-corrected chi connectivity index (χ1v) is 11.8. The Kier molecular flexibility index (Phi) is 8.85. The van der Waals surface area contributed by atoms with Gasteiger partial charge in [-0.3, -0.25) is 14.3 Å². The van der Waals surface area contributed by atoms with Crippen molar-refractivity contribution in [1.29, 1.82) is 0 Å². The number of rotatable bonds is 8. The molecule has 190 valence electrons. The molecule has 3 rings (SSSR count). The summed E-state index contributed by atoms with van der Waals surface area (Å²) in [6.45, 7) is 5.44. The molecule has 3 aromatic heterocycles. The van der Waals surface area contributed by atoms with Crippen LogP contribution in [0.5, 0.6) is 0 Å². The summed E-state index contributed by atoms with van der Waals surface area (Å²) in [5.41, 5.74) is 1.44. The number of nitrogens with zero attached hydrogens (tertiary/aromatic N) is 4. The lowest BCUT2D eigenvalue weighted by molar-refractivity contribution is -0.0399. The van der Waals surface area contributed by atoms with Gasteiger partial charge in [0.1, 0.15) is 23.2 Å². The lowest BCUT2D eigenvalue weighted by Crippen LogP contribution is -2.34. The van der Waals surface area contributed by atoms with E-state index in [1.54, 1.807) is 44.4 Å². The van der Waals surface area contributed by atoms with Crippen molar-refractivity contribution in [3.63, 3.8) is 0 Å². The maximum atomic E-state index is 12.7. The third-order valence-corrected chi connectivity index (χ3v) is 5.98. The Hall–Kier alpha value is -2.14. The average molecular weight is 546 g/mol. The maximum Gasteiger partial charge on any atom is 0.414 e. The summed E-state index contributed by atoms with van der Waals surface area (Å²) in [6, 6.07) is 3.32. The van der Waals surface area contributed by atoms with Gasteiger partial charge in [0, 0.05) is 33.0 Å². The Morgan fingerprint density at radius 2 is 1.86 bits per heavy atom. The van der Waals surface area contributed by atoms with E-state index in [1.807, 2.05) is 0 Å². The second kappa shape index (κ2) is 11.3. The monoisotopic (exact) mass is 544 g/mol. The molecule has 1 atom stereocenters. The summed E-state index contributed by atoms with van der Waals surface area (Å²) in [5.74, 6) is 0. The van der Waals surface area contributed by atoms with Crippen molar-refractivity contribution >= 4 is 52.2 Å². The quantitative estimate of drug-likeness (QED) is 0.296. The molecule has 12 heteroatoms. The van der Waals surface area contributed by atoms with Crippen molar-refractivity contribution in [3.05, 3.63) is 56.7 Å². The summed E-state index contributed by atoms with van der Waals surface area (Å²) < 4.78 is 17.4. The van der Waals surface area contributed by atoms with Crippen molar-refractivity contribution in [2.75, 3.05) is 25.9 Å².